The zero-order valence-electron chi connectivity index (χ0n) is 11.9. The predicted octanol–water partition coefficient (Wildman–Crippen LogP) is 1.39. The van der Waals surface area contributed by atoms with Crippen molar-refractivity contribution in [2.45, 2.75) is 26.3 Å². The highest BCUT2D eigenvalue weighted by molar-refractivity contribution is 5.60. The van der Waals surface area contributed by atoms with Crippen molar-refractivity contribution < 1.29 is 4.92 Å². The SMILES string of the molecule is Cc1nn(C)c(NC2CCN(C)CC2C)c1[N+](=O)[O-]. The third kappa shape index (κ3) is 2.70. The van der Waals surface area contributed by atoms with Crippen molar-refractivity contribution in [3.8, 4) is 0 Å². The van der Waals surface area contributed by atoms with E-state index in [1.54, 1.807) is 18.7 Å². The highest BCUT2D eigenvalue weighted by Crippen LogP contribution is 2.30. The van der Waals surface area contributed by atoms with Gasteiger partial charge in [0.1, 0.15) is 5.69 Å². The molecular weight excluding hydrogens is 246 g/mol. The van der Waals surface area contributed by atoms with Gasteiger partial charge in [0.2, 0.25) is 5.82 Å². The summed E-state index contributed by atoms with van der Waals surface area (Å²) in [6, 6.07) is 0.254. The molecule has 106 valence electrons. The number of anilines is 1. The molecule has 1 aromatic rings. The fraction of sp³-hybridized carbons (Fsp3) is 0.750. The average molecular weight is 267 g/mol. The number of nitrogens with zero attached hydrogens (tertiary/aromatic N) is 4. The van der Waals surface area contributed by atoms with Gasteiger partial charge in [0.15, 0.2) is 0 Å². The number of nitro groups is 1. The van der Waals surface area contributed by atoms with Gasteiger partial charge in [-0.3, -0.25) is 10.1 Å². The molecule has 1 N–H and O–H groups in total. The Morgan fingerprint density at radius 2 is 2.16 bits per heavy atom. The Balaban J connectivity index is 2.21. The Labute approximate surface area is 112 Å². The molecule has 19 heavy (non-hydrogen) atoms. The molecule has 2 unspecified atom stereocenters. The van der Waals surface area contributed by atoms with E-state index in [0.717, 1.165) is 19.5 Å². The fourth-order valence-electron chi connectivity index (χ4n) is 2.77. The molecule has 0 aromatic carbocycles. The number of piperidine rings is 1. The summed E-state index contributed by atoms with van der Waals surface area (Å²) in [6.45, 7) is 5.85. The van der Waals surface area contributed by atoms with Gasteiger partial charge in [0.25, 0.3) is 0 Å². The normalized spacial score (nSPS) is 24.4. The number of aromatic nitrogens is 2. The van der Waals surface area contributed by atoms with Crippen LogP contribution in [0, 0.1) is 23.0 Å². The van der Waals surface area contributed by atoms with E-state index in [1.165, 1.54) is 0 Å². The largest absolute Gasteiger partial charge is 0.361 e. The van der Waals surface area contributed by atoms with Gasteiger partial charge in [0, 0.05) is 19.6 Å². The summed E-state index contributed by atoms with van der Waals surface area (Å²) in [4.78, 5) is 13.1. The van der Waals surface area contributed by atoms with Gasteiger partial charge in [-0.1, -0.05) is 6.92 Å². The van der Waals surface area contributed by atoms with Gasteiger partial charge in [-0.05, 0) is 32.9 Å². The zero-order valence-corrected chi connectivity index (χ0v) is 11.9. The Morgan fingerprint density at radius 3 is 2.74 bits per heavy atom. The maximum atomic E-state index is 11.1. The first-order chi connectivity index (χ1) is 8.90. The summed E-state index contributed by atoms with van der Waals surface area (Å²) < 4.78 is 1.57. The van der Waals surface area contributed by atoms with E-state index in [0.29, 0.717) is 17.4 Å². The van der Waals surface area contributed by atoms with E-state index in [1.807, 2.05) is 0 Å². The highest BCUT2D eigenvalue weighted by atomic mass is 16.6. The summed E-state index contributed by atoms with van der Waals surface area (Å²) in [5.41, 5.74) is 0.546. The van der Waals surface area contributed by atoms with E-state index < -0.39 is 0 Å². The van der Waals surface area contributed by atoms with Crippen molar-refractivity contribution in [1.82, 2.24) is 14.7 Å². The number of aryl methyl sites for hydroxylation is 2. The van der Waals surface area contributed by atoms with E-state index >= 15 is 0 Å². The molecule has 1 aliphatic heterocycles. The van der Waals surface area contributed by atoms with E-state index in [2.05, 4.69) is 29.3 Å². The van der Waals surface area contributed by atoms with Crippen LogP contribution in [0.3, 0.4) is 0 Å². The Bertz CT molecular complexity index is 485. The predicted molar refractivity (Wildman–Crippen MR) is 73.3 cm³/mol. The minimum atomic E-state index is -0.357. The Kier molecular flexibility index (Phi) is 3.75. The van der Waals surface area contributed by atoms with Crippen LogP contribution >= 0.6 is 0 Å². The van der Waals surface area contributed by atoms with Crippen LogP contribution in [-0.4, -0.2) is 45.8 Å². The molecule has 2 atom stereocenters. The lowest BCUT2D eigenvalue weighted by Gasteiger charge is -2.35. The van der Waals surface area contributed by atoms with Crippen LogP contribution in [-0.2, 0) is 7.05 Å². The molecule has 0 spiro atoms. The Hall–Kier alpha value is -1.63. The smallest absolute Gasteiger partial charge is 0.333 e. The third-order valence-electron chi connectivity index (χ3n) is 3.80. The first kappa shape index (κ1) is 13.8. The molecule has 0 aliphatic carbocycles. The van der Waals surface area contributed by atoms with Gasteiger partial charge in [-0.2, -0.15) is 5.10 Å². The second-order valence-electron chi connectivity index (χ2n) is 5.44. The number of hydrogen-bond donors (Lipinski definition) is 1. The molecule has 0 radical (unpaired) electrons. The van der Waals surface area contributed by atoms with E-state index in [4.69, 9.17) is 0 Å². The molecule has 2 heterocycles. The maximum absolute atomic E-state index is 11.1. The first-order valence-corrected chi connectivity index (χ1v) is 6.53. The number of rotatable bonds is 3. The lowest BCUT2D eigenvalue weighted by Crippen LogP contribution is -2.43. The van der Waals surface area contributed by atoms with Crippen LogP contribution in [0.1, 0.15) is 19.0 Å². The average Bonchev–Trinajstić information content (AvgIpc) is 2.57. The summed E-state index contributed by atoms with van der Waals surface area (Å²) in [6.07, 6.45) is 0.985. The maximum Gasteiger partial charge on any atom is 0.333 e. The molecule has 7 nitrogen and oxygen atoms in total. The van der Waals surface area contributed by atoms with Gasteiger partial charge in [-0.15, -0.1) is 0 Å². The van der Waals surface area contributed by atoms with Crippen LogP contribution in [0.25, 0.3) is 0 Å². The number of hydrogen-bond acceptors (Lipinski definition) is 5. The first-order valence-electron chi connectivity index (χ1n) is 6.53. The quantitative estimate of drug-likeness (QED) is 0.661. The van der Waals surface area contributed by atoms with Crippen molar-refractivity contribution in [3.05, 3.63) is 15.8 Å². The molecule has 0 bridgehead atoms. The molecule has 1 aliphatic rings. The van der Waals surface area contributed by atoms with Crippen LogP contribution < -0.4 is 5.32 Å². The van der Waals surface area contributed by atoms with Crippen molar-refractivity contribution in [2.24, 2.45) is 13.0 Å². The Morgan fingerprint density at radius 1 is 1.47 bits per heavy atom. The second-order valence-corrected chi connectivity index (χ2v) is 5.44. The van der Waals surface area contributed by atoms with Crippen molar-refractivity contribution in [3.63, 3.8) is 0 Å². The summed E-state index contributed by atoms with van der Waals surface area (Å²) in [5, 5.41) is 18.6. The van der Waals surface area contributed by atoms with E-state index in [-0.39, 0.29) is 16.7 Å². The summed E-state index contributed by atoms with van der Waals surface area (Å²) >= 11 is 0. The van der Waals surface area contributed by atoms with Crippen molar-refractivity contribution >= 4 is 11.5 Å². The molecule has 1 saturated heterocycles. The molecule has 1 fully saturated rings. The van der Waals surface area contributed by atoms with Crippen LogP contribution in [0.2, 0.25) is 0 Å². The number of likely N-dealkylation sites (tertiary alicyclic amines) is 1. The molecular formula is C12H21N5O2. The monoisotopic (exact) mass is 267 g/mol. The third-order valence-corrected chi connectivity index (χ3v) is 3.80. The van der Waals surface area contributed by atoms with Gasteiger partial charge >= 0.3 is 5.69 Å². The van der Waals surface area contributed by atoms with Crippen LogP contribution in [0.15, 0.2) is 0 Å². The second kappa shape index (κ2) is 5.16. The highest BCUT2D eigenvalue weighted by Gasteiger charge is 2.30. The molecule has 7 heteroatoms. The lowest BCUT2D eigenvalue weighted by atomic mass is 9.94. The van der Waals surface area contributed by atoms with Gasteiger partial charge in [0.05, 0.1) is 4.92 Å². The molecule has 0 saturated carbocycles. The minimum absolute atomic E-state index is 0.0913. The fourth-order valence-corrected chi connectivity index (χ4v) is 2.77. The van der Waals surface area contributed by atoms with Gasteiger partial charge in [-0.25, -0.2) is 4.68 Å². The summed E-state index contributed by atoms with van der Waals surface area (Å²) in [7, 11) is 3.84. The van der Waals surface area contributed by atoms with Crippen LogP contribution in [0.5, 0.6) is 0 Å². The van der Waals surface area contributed by atoms with Crippen molar-refractivity contribution in [1.29, 1.82) is 0 Å². The zero-order chi connectivity index (χ0) is 14.2. The standard InChI is InChI=1S/C12H21N5O2/c1-8-7-15(3)6-5-10(8)13-12-11(17(18)19)9(2)14-16(12)4/h8,10,13H,5-7H2,1-4H3. The van der Waals surface area contributed by atoms with Crippen molar-refractivity contribution in [2.75, 3.05) is 25.5 Å². The molecule has 0 amide bonds. The minimum Gasteiger partial charge on any atom is -0.361 e. The molecule has 1 aromatic heterocycles. The summed E-state index contributed by atoms with van der Waals surface area (Å²) in [5.74, 6) is 0.970. The van der Waals surface area contributed by atoms with E-state index in [9.17, 15) is 10.1 Å². The molecule has 2 rings (SSSR count). The van der Waals surface area contributed by atoms with Crippen LogP contribution in [0.4, 0.5) is 11.5 Å². The lowest BCUT2D eigenvalue weighted by molar-refractivity contribution is -0.384. The number of nitrogens with one attached hydrogen (secondary N) is 1. The van der Waals surface area contributed by atoms with Gasteiger partial charge < -0.3 is 10.2 Å². The topological polar surface area (TPSA) is 76.2 Å².